The molecule has 2 aromatic heterocycles. The van der Waals surface area contributed by atoms with Gasteiger partial charge in [0.1, 0.15) is 0 Å². The van der Waals surface area contributed by atoms with Crippen LogP contribution in [-0.2, 0) is 0 Å². The van der Waals surface area contributed by atoms with Gasteiger partial charge in [-0.3, -0.25) is 10.1 Å². The number of amides is 1. The Hall–Kier alpha value is -2.76. The highest BCUT2D eigenvalue weighted by atomic mass is 32.2. The molecule has 0 spiro atoms. The third-order valence-corrected chi connectivity index (χ3v) is 8.03. The minimum atomic E-state index is -0.0164. The number of nitrogens with zero attached hydrogens (tertiary/aromatic N) is 6. The fourth-order valence-corrected chi connectivity index (χ4v) is 5.13. The number of hydrogen-bond donors (Lipinski definition) is 2. The highest BCUT2D eigenvalue weighted by Gasteiger charge is 2.24. The van der Waals surface area contributed by atoms with E-state index in [9.17, 15) is 4.79 Å². The third-order valence-electron chi connectivity index (χ3n) is 5.94. The summed E-state index contributed by atoms with van der Waals surface area (Å²) >= 11 is 3.07. The monoisotopic (exact) mass is 510 g/mol. The average Bonchev–Trinajstić information content (AvgIpc) is 3.53. The van der Waals surface area contributed by atoms with Gasteiger partial charge in [-0.15, -0.1) is 11.3 Å². The minimum Gasteiger partial charge on any atom is -0.349 e. The molecule has 1 amide bonds. The number of anilines is 3. The second-order valence-electron chi connectivity index (χ2n) is 9.25. The van der Waals surface area contributed by atoms with Crippen molar-refractivity contribution in [2.75, 3.05) is 43.4 Å². The molecule has 2 N–H and O–H groups in total. The topological polar surface area (TPSA) is 99.2 Å². The maximum atomic E-state index is 12.3. The molecule has 0 radical (unpaired) electrons. The first kappa shape index (κ1) is 24.0. The second-order valence-corrected chi connectivity index (χ2v) is 11.4. The fraction of sp³-hybridized carbons (Fsp3) is 0.458. The number of thiazole rings is 1. The van der Waals surface area contributed by atoms with Crippen LogP contribution in [0.2, 0.25) is 0 Å². The Bertz CT molecular complexity index is 1170. The Morgan fingerprint density at radius 1 is 1.09 bits per heavy atom. The predicted molar refractivity (Wildman–Crippen MR) is 140 cm³/mol. The first-order chi connectivity index (χ1) is 16.9. The summed E-state index contributed by atoms with van der Waals surface area (Å²) in [6.45, 7) is 7.97. The molecular weight excluding hydrogens is 480 g/mol. The Morgan fingerprint density at radius 3 is 2.49 bits per heavy atom. The van der Waals surface area contributed by atoms with Gasteiger partial charge in [-0.25, -0.2) is 4.98 Å². The lowest BCUT2D eigenvalue weighted by atomic mass is 10.2. The number of carbonyl (C=O) groups is 1. The van der Waals surface area contributed by atoms with E-state index < -0.39 is 0 Å². The Labute approximate surface area is 213 Å². The smallest absolute Gasteiger partial charge is 0.251 e. The number of carbonyl (C=O) groups excluding carboxylic acids is 1. The molecule has 5 rings (SSSR count). The Kier molecular flexibility index (Phi) is 7.17. The van der Waals surface area contributed by atoms with Gasteiger partial charge in [-0.05, 0) is 61.8 Å². The van der Waals surface area contributed by atoms with Crippen LogP contribution in [0.15, 0.2) is 40.5 Å². The van der Waals surface area contributed by atoms with Crippen molar-refractivity contribution in [2.45, 2.75) is 48.7 Å². The molecule has 1 aliphatic heterocycles. The zero-order valence-electron chi connectivity index (χ0n) is 20.2. The number of hydrogen-bond acceptors (Lipinski definition) is 10. The lowest BCUT2D eigenvalue weighted by molar-refractivity contribution is 0.0951. The van der Waals surface area contributed by atoms with E-state index in [1.807, 2.05) is 30.5 Å². The third kappa shape index (κ3) is 6.28. The normalized spacial score (nSPS) is 16.5. The first-order valence-corrected chi connectivity index (χ1v) is 13.6. The highest BCUT2D eigenvalue weighted by molar-refractivity contribution is 7.99. The van der Waals surface area contributed by atoms with Gasteiger partial charge in [-0.2, -0.15) is 15.0 Å². The van der Waals surface area contributed by atoms with Crippen molar-refractivity contribution in [3.8, 4) is 0 Å². The van der Waals surface area contributed by atoms with Crippen molar-refractivity contribution in [3.63, 3.8) is 0 Å². The van der Waals surface area contributed by atoms with Gasteiger partial charge in [0, 0.05) is 53.8 Å². The van der Waals surface area contributed by atoms with E-state index in [0.29, 0.717) is 34.6 Å². The van der Waals surface area contributed by atoms with Crippen molar-refractivity contribution in [2.24, 2.45) is 0 Å². The van der Waals surface area contributed by atoms with Crippen LogP contribution in [0.1, 0.15) is 47.8 Å². The summed E-state index contributed by atoms with van der Waals surface area (Å²) in [6.07, 6.45) is 4.05. The van der Waals surface area contributed by atoms with Crippen molar-refractivity contribution in [1.29, 1.82) is 0 Å². The van der Waals surface area contributed by atoms with Crippen LogP contribution in [0.3, 0.4) is 0 Å². The molecule has 0 atom stereocenters. The van der Waals surface area contributed by atoms with Gasteiger partial charge in [0.15, 0.2) is 10.3 Å². The van der Waals surface area contributed by atoms with Gasteiger partial charge < -0.3 is 15.1 Å². The molecule has 11 heteroatoms. The fourth-order valence-electron chi connectivity index (χ4n) is 3.58. The van der Waals surface area contributed by atoms with Crippen molar-refractivity contribution in [1.82, 2.24) is 30.2 Å². The lowest BCUT2D eigenvalue weighted by Crippen LogP contribution is -2.45. The van der Waals surface area contributed by atoms with Crippen LogP contribution in [0, 0.1) is 0 Å². The predicted octanol–water partition coefficient (Wildman–Crippen LogP) is 3.99. The van der Waals surface area contributed by atoms with E-state index in [1.54, 1.807) is 11.3 Å². The van der Waals surface area contributed by atoms with Gasteiger partial charge in [0.05, 0.1) is 0 Å². The number of benzene rings is 1. The summed E-state index contributed by atoms with van der Waals surface area (Å²) < 4.78 is 0. The Morgan fingerprint density at radius 2 is 1.83 bits per heavy atom. The SMILES string of the molecule is CC(C)c1cnc(Nc2nc(Sc3ccc(C(=O)NC4CC4)cc3)nc(N3CCN(C)CC3)n2)s1. The second kappa shape index (κ2) is 10.5. The first-order valence-electron chi connectivity index (χ1n) is 11.9. The summed E-state index contributed by atoms with van der Waals surface area (Å²) in [6, 6.07) is 7.92. The lowest BCUT2D eigenvalue weighted by Gasteiger charge is -2.32. The summed E-state index contributed by atoms with van der Waals surface area (Å²) in [5.41, 5.74) is 0.669. The molecular formula is C24H30N8OS2. The highest BCUT2D eigenvalue weighted by Crippen LogP contribution is 2.30. The minimum absolute atomic E-state index is 0.0164. The molecule has 3 aromatic rings. The average molecular weight is 511 g/mol. The largest absolute Gasteiger partial charge is 0.349 e. The molecule has 0 bridgehead atoms. The van der Waals surface area contributed by atoms with E-state index in [4.69, 9.17) is 9.97 Å². The number of nitrogens with one attached hydrogen (secondary N) is 2. The van der Waals surface area contributed by atoms with Crippen LogP contribution in [0.5, 0.6) is 0 Å². The number of likely N-dealkylation sites (N-methyl/N-ethyl adjacent to an activating group) is 1. The molecule has 9 nitrogen and oxygen atoms in total. The van der Waals surface area contributed by atoms with Gasteiger partial charge in [-0.1, -0.05) is 13.8 Å². The molecule has 1 aromatic carbocycles. The number of piperazine rings is 1. The molecule has 35 heavy (non-hydrogen) atoms. The van der Waals surface area contributed by atoms with E-state index in [1.165, 1.54) is 16.6 Å². The molecule has 1 aliphatic carbocycles. The van der Waals surface area contributed by atoms with Crippen LogP contribution >= 0.6 is 23.1 Å². The molecule has 2 aliphatic rings. The standard InChI is InChI=1S/C24H30N8OS2/c1-15(2)19-14-25-23(35-19)28-21-27-22(32-12-10-31(3)11-13-32)30-24(29-21)34-18-8-4-16(5-9-18)20(33)26-17-6-7-17/h4-5,8-9,14-15,17H,6-7,10-13H2,1-3H3,(H,26,33)(H,25,27,28,29,30). The van der Waals surface area contributed by atoms with E-state index in [-0.39, 0.29) is 5.91 Å². The summed E-state index contributed by atoms with van der Waals surface area (Å²) in [5, 5.41) is 7.68. The van der Waals surface area contributed by atoms with Crippen molar-refractivity contribution >= 4 is 46.0 Å². The zero-order valence-corrected chi connectivity index (χ0v) is 21.8. The maximum absolute atomic E-state index is 12.3. The quantitative estimate of drug-likeness (QED) is 0.466. The van der Waals surface area contributed by atoms with Crippen LogP contribution < -0.4 is 15.5 Å². The van der Waals surface area contributed by atoms with Crippen molar-refractivity contribution < 1.29 is 4.79 Å². The van der Waals surface area contributed by atoms with Crippen molar-refractivity contribution in [3.05, 3.63) is 40.9 Å². The number of rotatable bonds is 8. The summed E-state index contributed by atoms with van der Waals surface area (Å²) in [7, 11) is 2.13. The van der Waals surface area contributed by atoms with Crippen LogP contribution in [-0.4, -0.2) is 70.0 Å². The van der Waals surface area contributed by atoms with Gasteiger partial charge >= 0.3 is 0 Å². The zero-order chi connectivity index (χ0) is 24.4. The van der Waals surface area contributed by atoms with E-state index in [0.717, 1.165) is 49.0 Å². The number of aromatic nitrogens is 4. The summed E-state index contributed by atoms with van der Waals surface area (Å²) in [4.78, 5) is 37.6. The molecule has 184 valence electrons. The molecule has 3 heterocycles. The van der Waals surface area contributed by atoms with Gasteiger partial charge in [0.2, 0.25) is 11.9 Å². The van der Waals surface area contributed by atoms with Gasteiger partial charge in [0.25, 0.3) is 5.91 Å². The molecule has 2 fully saturated rings. The maximum Gasteiger partial charge on any atom is 0.251 e. The molecule has 1 saturated heterocycles. The van der Waals surface area contributed by atoms with Crippen LogP contribution in [0.4, 0.5) is 17.0 Å². The van der Waals surface area contributed by atoms with Crippen LogP contribution in [0.25, 0.3) is 0 Å². The molecule has 0 unspecified atom stereocenters. The molecule has 1 saturated carbocycles. The summed E-state index contributed by atoms with van der Waals surface area (Å²) in [5.74, 6) is 1.56. The van der Waals surface area contributed by atoms with E-state index >= 15 is 0 Å². The Balaban J connectivity index is 1.36. The van der Waals surface area contributed by atoms with E-state index in [2.05, 4.69) is 51.3 Å².